The van der Waals surface area contributed by atoms with E-state index in [-0.39, 0.29) is 19.1 Å². The molecular formula is C63H124N2O6P+. The fraction of sp³-hybridized carbons (Fsp3) is 0.889. The number of amides is 1. The molecule has 0 rings (SSSR count). The molecule has 3 atom stereocenters. The number of aliphatic hydroxyl groups excluding tert-OH is 1. The normalized spacial score (nSPS) is 14.0. The fourth-order valence-corrected chi connectivity index (χ4v) is 10.1. The van der Waals surface area contributed by atoms with Crippen LogP contribution in [-0.2, 0) is 18.4 Å². The van der Waals surface area contributed by atoms with E-state index in [0.717, 1.165) is 38.5 Å². The third-order valence-electron chi connectivity index (χ3n) is 14.3. The third-order valence-corrected chi connectivity index (χ3v) is 15.3. The van der Waals surface area contributed by atoms with Crippen molar-refractivity contribution in [1.29, 1.82) is 0 Å². The molecule has 9 heteroatoms. The molecule has 426 valence electrons. The molecule has 0 aromatic carbocycles. The fourth-order valence-electron chi connectivity index (χ4n) is 9.41. The summed E-state index contributed by atoms with van der Waals surface area (Å²) in [6, 6.07) is -0.865. The zero-order chi connectivity index (χ0) is 52.7. The zero-order valence-corrected chi connectivity index (χ0v) is 49.6. The molecule has 0 saturated carbocycles. The van der Waals surface area contributed by atoms with E-state index in [1.807, 2.05) is 27.2 Å². The van der Waals surface area contributed by atoms with Gasteiger partial charge in [0.15, 0.2) is 0 Å². The Labute approximate surface area is 448 Å². The van der Waals surface area contributed by atoms with E-state index in [2.05, 4.69) is 43.5 Å². The lowest BCUT2D eigenvalue weighted by Gasteiger charge is -2.25. The SMILES string of the molecule is CCCCCCCCCC/C=C\CCCCCCCCCCCC(=O)NC(COP(=O)(O)OCC[N+](C)(C)C)C(O)/C=C/CC/C=C/CCCCCCCCCCCCCCCCCCCCCCCCC. The van der Waals surface area contributed by atoms with Crippen LogP contribution in [0.1, 0.15) is 309 Å². The van der Waals surface area contributed by atoms with E-state index < -0.39 is 20.0 Å². The van der Waals surface area contributed by atoms with Crippen molar-refractivity contribution in [3.05, 3.63) is 36.5 Å². The van der Waals surface area contributed by atoms with E-state index in [9.17, 15) is 19.4 Å². The lowest BCUT2D eigenvalue weighted by molar-refractivity contribution is -0.870. The Morgan fingerprint density at radius 2 is 0.764 bits per heavy atom. The summed E-state index contributed by atoms with van der Waals surface area (Å²) in [4.78, 5) is 23.3. The largest absolute Gasteiger partial charge is 0.472 e. The smallest absolute Gasteiger partial charge is 0.387 e. The monoisotopic (exact) mass is 1040 g/mol. The van der Waals surface area contributed by atoms with Gasteiger partial charge in [0.1, 0.15) is 13.2 Å². The molecule has 0 aliphatic rings. The molecule has 0 radical (unpaired) electrons. The Kier molecular flexibility index (Phi) is 53.5. The highest BCUT2D eigenvalue weighted by Crippen LogP contribution is 2.43. The standard InChI is InChI=1S/C63H123N2O6P/c1-6-8-10-12-14-16-18-20-22-24-26-28-29-30-31-32-33-34-35-37-38-40-42-44-46-48-50-52-54-56-62(66)61(60-71-72(68,69)70-59-58-65(3,4)5)64-63(67)57-55-53-51-49-47-45-43-41-39-36-27-25-23-21-19-17-15-13-11-9-7-2/h25,27,46,48,54,56,61-62,66H,6-24,26,28-45,47,49-53,55,57-60H2,1-5H3,(H-,64,67,68,69)/p+1/b27-25-,48-46+,56-54+. The van der Waals surface area contributed by atoms with Crippen LogP contribution in [0, 0.1) is 0 Å². The molecule has 0 fully saturated rings. The number of phosphoric ester groups is 1. The summed E-state index contributed by atoms with van der Waals surface area (Å²) in [7, 11) is 1.56. The van der Waals surface area contributed by atoms with Gasteiger partial charge in [0, 0.05) is 6.42 Å². The predicted molar refractivity (Wildman–Crippen MR) is 314 cm³/mol. The van der Waals surface area contributed by atoms with E-state index in [0.29, 0.717) is 17.4 Å². The maximum absolute atomic E-state index is 13.0. The Morgan fingerprint density at radius 3 is 1.11 bits per heavy atom. The highest BCUT2D eigenvalue weighted by molar-refractivity contribution is 7.47. The molecule has 8 nitrogen and oxygen atoms in total. The Morgan fingerprint density at radius 1 is 0.458 bits per heavy atom. The van der Waals surface area contributed by atoms with Gasteiger partial charge in [0.2, 0.25) is 5.91 Å². The average molecular weight is 1040 g/mol. The minimum Gasteiger partial charge on any atom is -0.387 e. The van der Waals surface area contributed by atoms with Crippen LogP contribution in [0.5, 0.6) is 0 Å². The number of carbonyl (C=O) groups is 1. The summed E-state index contributed by atoms with van der Waals surface area (Å²) in [6.45, 7) is 4.84. The van der Waals surface area contributed by atoms with E-state index in [4.69, 9.17) is 9.05 Å². The van der Waals surface area contributed by atoms with Crippen LogP contribution in [0.3, 0.4) is 0 Å². The number of rotatable bonds is 58. The van der Waals surface area contributed by atoms with Crippen molar-refractivity contribution in [3.63, 3.8) is 0 Å². The average Bonchev–Trinajstić information content (AvgIpc) is 3.34. The summed E-state index contributed by atoms with van der Waals surface area (Å²) in [5.41, 5.74) is 0. The van der Waals surface area contributed by atoms with Crippen LogP contribution in [-0.4, -0.2) is 73.4 Å². The van der Waals surface area contributed by atoms with Gasteiger partial charge >= 0.3 is 7.82 Å². The molecule has 0 aliphatic carbocycles. The maximum Gasteiger partial charge on any atom is 0.472 e. The molecule has 3 unspecified atom stereocenters. The quantitative estimate of drug-likeness (QED) is 0.0243. The van der Waals surface area contributed by atoms with Gasteiger partial charge in [-0.25, -0.2) is 4.57 Å². The van der Waals surface area contributed by atoms with Gasteiger partial charge < -0.3 is 19.8 Å². The number of carbonyl (C=O) groups excluding carboxylic acids is 1. The minimum absolute atomic E-state index is 0.0565. The molecule has 0 aromatic rings. The Hall–Kier alpha value is -1.28. The maximum atomic E-state index is 13.0. The molecule has 1 amide bonds. The number of hydrogen-bond donors (Lipinski definition) is 3. The van der Waals surface area contributed by atoms with E-state index >= 15 is 0 Å². The minimum atomic E-state index is -4.36. The Bertz CT molecular complexity index is 1270. The summed E-state index contributed by atoms with van der Waals surface area (Å²) >= 11 is 0. The first-order valence-corrected chi connectivity index (χ1v) is 32.9. The number of hydrogen-bond acceptors (Lipinski definition) is 5. The molecular weight excluding hydrogens is 912 g/mol. The lowest BCUT2D eigenvalue weighted by Crippen LogP contribution is -2.45. The second-order valence-corrected chi connectivity index (χ2v) is 24.2. The number of phosphoric acid groups is 1. The summed E-state index contributed by atoms with van der Waals surface area (Å²) in [5.74, 6) is -0.185. The predicted octanol–water partition coefficient (Wildman–Crippen LogP) is 19.3. The molecule has 0 aromatic heterocycles. The molecule has 3 N–H and O–H groups in total. The second-order valence-electron chi connectivity index (χ2n) is 22.8. The van der Waals surface area contributed by atoms with Gasteiger partial charge in [0.05, 0.1) is 39.9 Å². The van der Waals surface area contributed by atoms with Crippen LogP contribution in [0.25, 0.3) is 0 Å². The van der Waals surface area contributed by atoms with Crippen molar-refractivity contribution in [2.75, 3.05) is 40.9 Å². The van der Waals surface area contributed by atoms with Gasteiger partial charge in [-0.05, 0) is 57.8 Å². The first-order chi connectivity index (χ1) is 35.0. The first-order valence-electron chi connectivity index (χ1n) is 31.4. The van der Waals surface area contributed by atoms with Crippen molar-refractivity contribution >= 4 is 13.7 Å². The molecule has 72 heavy (non-hydrogen) atoms. The highest BCUT2D eigenvalue weighted by atomic mass is 31.2. The number of quaternary nitrogens is 1. The van der Waals surface area contributed by atoms with Gasteiger partial charge in [-0.3, -0.25) is 13.8 Å². The number of likely N-dealkylation sites (N-methyl/N-ethyl adjacent to an activating group) is 1. The van der Waals surface area contributed by atoms with Crippen LogP contribution in [0.15, 0.2) is 36.5 Å². The van der Waals surface area contributed by atoms with Gasteiger partial charge in [0.25, 0.3) is 0 Å². The lowest BCUT2D eigenvalue weighted by atomic mass is 10.0. The van der Waals surface area contributed by atoms with Crippen LogP contribution in [0.2, 0.25) is 0 Å². The second kappa shape index (κ2) is 54.5. The number of unbranched alkanes of at least 4 members (excludes halogenated alkanes) is 41. The first kappa shape index (κ1) is 70.7. The molecule has 0 heterocycles. The molecule has 0 spiro atoms. The number of aliphatic hydroxyl groups is 1. The number of nitrogens with zero attached hydrogens (tertiary/aromatic N) is 1. The zero-order valence-electron chi connectivity index (χ0n) is 48.7. The van der Waals surface area contributed by atoms with E-state index in [1.165, 1.54) is 250 Å². The van der Waals surface area contributed by atoms with Crippen molar-refractivity contribution in [3.8, 4) is 0 Å². The van der Waals surface area contributed by atoms with Crippen molar-refractivity contribution in [2.45, 2.75) is 321 Å². The van der Waals surface area contributed by atoms with Crippen molar-refractivity contribution < 1.29 is 32.9 Å². The summed E-state index contributed by atoms with van der Waals surface area (Å²) in [5, 5.41) is 13.9. The topological polar surface area (TPSA) is 105 Å². The molecule has 0 aliphatic heterocycles. The van der Waals surface area contributed by atoms with Crippen molar-refractivity contribution in [1.82, 2.24) is 5.32 Å². The number of nitrogens with one attached hydrogen (secondary N) is 1. The Balaban J connectivity index is 4.17. The van der Waals surface area contributed by atoms with Gasteiger partial charge in [-0.2, -0.15) is 0 Å². The summed E-state index contributed by atoms with van der Waals surface area (Å²) < 4.78 is 23.7. The van der Waals surface area contributed by atoms with Crippen LogP contribution in [0.4, 0.5) is 0 Å². The van der Waals surface area contributed by atoms with E-state index in [1.54, 1.807) is 6.08 Å². The van der Waals surface area contributed by atoms with Crippen molar-refractivity contribution in [2.24, 2.45) is 0 Å². The van der Waals surface area contributed by atoms with Crippen LogP contribution >= 0.6 is 7.82 Å². The van der Waals surface area contributed by atoms with Gasteiger partial charge in [-0.15, -0.1) is 0 Å². The van der Waals surface area contributed by atoms with Gasteiger partial charge in [-0.1, -0.05) is 281 Å². The number of allylic oxidation sites excluding steroid dienone is 5. The summed E-state index contributed by atoms with van der Waals surface area (Å²) in [6.07, 6.45) is 71.3. The molecule has 0 saturated heterocycles. The third kappa shape index (κ3) is 56.4. The molecule has 0 bridgehead atoms. The van der Waals surface area contributed by atoms with Crippen LogP contribution < -0.4 is 5.32 Å². The highest BCUT2D eigenvalue weighted by Gasteiger charge is 2.27.